The second-order valence-corrected chi connectivity index (χ2v) is 5.53. The molecule has 1 rings (SSSR count). The summed E-state index contributed by atoms with van der Waals surface area (Å²) in [7, 11) is 2.04. The van der Waals surface area contributed by atoms with Crippen molar-refractivity contribution >= 4 is 23.4 Å². The molecule has 0 aliphatic rings. The molecule has 1 N–H and O–H groups in total. The van der Waals surface area contributed by atoms with Crippen molar-refractivity contribution in [2.75, 3.05) is 25.5 Å². The normalized spacial score (nSPS) is 10.3. The Kier molecular flexibility index (Phi) is 7.78. The number of carbonyl (C=O) groups is 1. The lowest BCUT2D eigenvalue weighted by molar-refractivity contribution is -0.116. The van der Waals surface area contributed by atoms with Crippen LogP contribution in [0.5, 0.6) is 0 Å². The Bertz CT molecular complexity index is 453. The Morgan fingerprint density at radius 1 is 1.35 bits per heavy atom. The highest BCUT2D eigenvalue weighted by Crippen LogP contribution is 2.19. The summed E-state index contributed by atoms with van der Waals surface area (Å²) in [6.07, 6.45) is 2.83. The molecule has 4 nitrogen and oxygen atoms in total. The van der Waals surface area contributed by atoms with Crippen LogP contribution in [0.2, 0.25) is 0 Å². The molecule has 1 aromatic rings. The topological polar surface area (TPSA) is 56.1 Å². The van der Waals surface area contributed by atoms with E-state index in [0.29, 0.717) is 6.42 Å². The number of hydrogen-bond donors (Lipinski definition) is 1. The van der Waals surface area contributed by atoms with Gasteiger partial charge in [0.2, 0.25) is 5.91 Å². The standard InChI is InChI=1S/C15H21N3OS/c1-3-4-10-18(2)11-9-15(19)17-13-5-7-14(8-6-13)20-12-16/h5-8H,3-4,9-11H2,1-2H3,(H,17,19). The number of amides is 1. The number of nitrogens with one attached hydrogen (secondary N) is 1. The fraction of sp³-hybridized carbons (Fsp3) is 0.467. The maximum absolute atomic E-state index is 11.8. The first kappa shape index (κ1) is 16.5. The highest BCUT2D eigenvalue weighted by molar-refractivity contribution is 8.03. The maximum atomic E-state index is 11.8. The van der Waals surface area contributed by atoms with E-state index in [2.05, 4.69) is 17.1 Å². The summed E-state index contributed by atoms with van der Waals surface area (Å²) in [6.45, 7) is 3.97. The number of hydrogen-bond acceptors (Lipinski definition) is 4. The van der Waals surface area contributed by atoms with Gasteiger partial charge >= 0.3 is 0 Å². The number of unbranched alkanes of at least 4 members (excludes halogenated alkanes) is 1. The fourth-order valence-electron chi connectivity index (χ4n) is 1.71. The van der Waals surface area contributed by atoms with Crippen LogP contribution in [0.15, 0.2) is 29.2 Å². The van der Waals surface area contributed by atoms with Crippen molar-refractivity contribution in [2.45, 2.75) is 31.1 Å². The van der Waals surface area contributed by atoms with Crippen LogP contribution >= 0.6 is 11.8 Å². The van der Waals surface area contributed by atoms with Gasteiger partial charge in [-0.25, -0.2) is 0 Å². The van der Waals surface area contributed by atoms with E-state index in [4.69, 9.17) is 5.26 Å². The zero-order valence-corrected chi connectivity index (χ0v) is 12.9. The van der Waals surface area contributed by atoms with Crippen LogP contribution < -0.4 is 5.32 Å². The molecular weight excluding hydrogens is 270 g/mol. The summed E-state index contributed by atoms with van der Waals surface area (Å²) in [5.41, 5.74) is 0.772. The van der Waals surface area contributed by atoms with E-state index in [9.17, 15) is 4.79 Å². The molecule has 0 radical (unpaired) electrons. The molecule has 0 spiro atoms. The van der Waals surface area contributed by atoms with Gasteiger partial charge in [0.25, 0.3) is 0 Å². The van der Waals surface area contributed by atoms with Crippen LogP contribution in [0.1, 0.15) is 26.2 Å². The lowest BCUT2D eigenvalue weighted by atomic mass is 10.3. The molecule has 0 bridgehead atoms. The van der Waals surface area contributed by atoms with Crippen molar-refractivity contribution < 1.29 is 4.79 Å². The summed E-state index contributed by atoms with van der Waals surface area (Å²) >= 11 is 1.11. The van der Waals surface area contributed by atoms with Gasteiger partial charge in [-0.3, -0.25) is 4.79 Å². The Balaban J connectivity index is 2.33. The SMILES string of the molecule is CCCCN(C)CCC(=O)Nc1ccc(SC#N)cc1. The second kappa shape index (κ2) is 9.40. The minimum Gasteiger partial charge on any atom is -0.326 e. The molecule has 0 saturated heterocycles. The van der Waals surface area contributed by atoms with E-state index in [-0.39, 0.29) is 5.91 Å². The molecule has 0 aromatic heterocycles. The Labute approximate surface area is 125 Å². The quantitative estimate of drug-likeness (QED) is 0.589. The fourth-order valence-corrected chi connectivity index (χ4v) is 2.09. The first-order valence-corrected chi connectivity index (χ1v) is 7.61. The van der Waals surface area contributed by atoms with Crippen LogP contribution in [-0.4, -0.2) is 30.9 Å². The smallest absolute Gasteiger partial charge is 0.225 e. The van der Waals surface area contributed by atoms with Gasteiger partial charge < -0.3 is 10.2 Å². The van der Waals surface area contributed by atoms with E-state index >= 15 is 0 Å². The first-order valence-electron chi connectivity index (χ1n) is 6.80. The number of carbonyl (C=O) groups excluding carboxylic acids is 1. The number of thiocyanates is 1. The predicted octanol–water partition coefficient (Wildman–Crippen LogP) is 3.32. The monoisotopic (exact) mass is 291 g/mol. The zero-order chi connectivity index (χ0) is 14.8. The third-order valence-corrected chi connectivity index (χ3v) is 3.51. The Hall–Kier alpha value is -1.51. The number of rotatable bonds is 8. The van der Waals surface area contributed by atoms with Crippen molar-refractivity contribution in [1.29, 1.82) is 5.26 Å². The number of benzene rings is 1. The molecule has 0 atom stereocenters. The van der Waals surface area contributed by atoms with Crippen molar-refractivity contribution in [1.82, 2.24) is 4.90 Å². The Morgan fingerprint density at radius 2 is 2.05 bits per heavy atom. The molecule has 0 heterocycles. The van der Waals surface area contributed by atoms with Crippen LogP contribution in [0, 0.1) is 10.7 Å². The van der Waals surface area contributed by atoms with Gasteiger partial charge in [-0.2, -0.15) is 5.26 Å². The molecule has 0 aliphatic carbocycles. The lowest BCUT2D eigenvalue weighted by Gasteiger charge is -2.15. The maximum Gasteiger partial charge on any atom is 0.225 e. The van der Waals surface area contributed by atoms with Gasteiger partial charge in [0, 0.05) is 23.5 Å². The van der Waals surface area contributed by atoms with E-state index in [0.717, 1.165) is 41.9 Å². The predicted molar refractivity (Wildman–Crippen MR) is 83.6 cm³/mol. The third kappa shape index (κ3) is 6.60. The minimum atomic E-state index is 0.0223. The lowest BCUT2D eigenvalue weighted by Crippen LogP contribution is -2.25. The van der Waals surface area contributed by atoms with Gasteiger partial charge in [-0.1, -0.05) is 13.3 Å². The largest absolute Gasteiger partial charge is 0.326 e. The summed E-state index contributed by atoms with van der Waals surface area (Å²) in [5, 5.41) is 13.4. The molecule has 20 heavy (non-hydrogen) atoms. The summed E-state index contributed by atoms with van der Waals surface area (Å²) in [5.74, 6) is 0.0223. The van der Waals surface area contributed by atoms with Crippen LogP contribution in [0.25, 0.3) is 0 Å². The molecule has 108 valence electrons. The average Bonchev–Trinajstić information content (AvgIpc) is 2.45. The number of thioether (sulfide) groups is 1. The molecule has 0 saturated carbocycles. The third-order valence-electron chi connectivity index (χ3n) is 2.92. The second-order valence-electron chi connectivity index (χ2n) is 4.67. The van der Waals surface area contributed by atoms with Gasteiger partial charge in [0.1, 0.15) is 5.40 Å². The first-order chi connectivity index (χ1) is 9.65. The van der Waals surface area contributed by atoms with Crippen molar-refractivity contribution in [3.63, 3.8) is 0 Å². The molecule has 0 fully saturated rings. The summed E-state index contributed by atoms with van der Waals surface area (Å²) < 4.78 is 0. The van der Waals surface area contributed by atoms with Gasteiger partial charge in [0.05, 0.1) is 0 Å². The summed E-state index contributed by atoms with van der Waals surface area (Å²) in [6, 6.07) is 7.30. The van der Waals surface area contributed by atoms with Crippen LogP contribution in [0.4, 0.5) is 5.69 Å². The summed E-state index contributed by atoms with van der Waals surface area (Å²) in [4.78, 5) is 14.9. The number of nitriles is 1. The average molecular weight is 291 g/mol. The van der Waals surface area contributed by atoms with Crippen molar-refractivity contribution in [3.05, 3.63) is 24.3 Å². The van der Waals surface area contributed by atoms with Gasteiger partial charge in [-0.15, -0.1) is 0 Å². The molecule has 0 unspecified atom stereocenters. The molecule has 5 heteroatoms. The van der Waals surface area contributed by atoms with Crippen LogP contribution in [-0.2, 0) is 4.79 Å². The van der Waals surface area contributed by atoms with Crippen molar-refractivity contribution in [2.24, 2.45) is 0 Å². The highest BCUT2D eigenvalue weighted by Gasteiger charge is 2.05. The van der Waals surface area contributed by atoms with E-state index in [1.807, 2.05) is 36.7 Å². The van der Waals surface area contributed by atoms with Crippen molar-refractivity contribution in [3.8, 4) is 5.40 Å². The van der Waals surface area contributed by atoms with E-state index in [1.165, 1.54) is 6.42 Å². The minimum absolute atomic E-state index is 0.0223. The Morgan fingerprint density at radius 3 is 2.65 bits per heavy atom. The van der Waals surface area contributed by atoms with E-state index in [1.54, 1.807) is 0 Å². The number of anilines is 1. The molecule has 1 amide bonds. The van der Waals surface area contributed by atoms with E-state index < -0.39 is 0 Å². The van der Waals surface area contributed by atoms with Gasteiger partial charge in [-0.05, 0) is 56.0 Å². The zero-order valence-electron chi connectivity index (χ0n) is 12.1. The van der Waals surface area contributed by atoms with Crippen LogP contribution in [0.3, 0.4) is 0 Å². The highest BCUT2D eigenvalue weighted by atomic mass is 32.2. The van der Waals surface area contributed by atoms with Gasteiger partial charge in [0.15, 0.2) is 0 Å². The molecule has 0 aliphatic heterocycles. The molecular formula is C15H21N3OS. The number of nitrogens with zero attached hydrogens (tertiary/aromatic N) is 2. The molecule has 1 aromatic carbocycles.